The van der Waals surface area contributed by atoms with E-state index >= 15 is 0 Å². The summed E-state index contributed by atoms with van der Waals surface area (Å²) in [6, 6.07) is 9.21. The Hall–Kier alpha value is -1.71. The number of halogens is 1. The monoisotopic (exact) mass is 440 g/mol. The van der Waals surface area contributed by atoms with E-state index < -0.39 is 15.9 Å². The summed E-state index contributed by atoms with van der Waals surface area (Å²) in [5.74, 6) is -0.844. The van der Waals surface area contributed by atoms with Gasteiger partial charge in [0, 0.05) is 10.7 Å². The number of amides is 1. The molecule has 1 aromatic heterocycles. The molecule has 0 saturated carbocycles. The van der Waals surface area contributed by atoms with Crippen molar-refractivity contribution in [1.29, 1.82) is 0 Å². The van der Waals surface area contributed by atoms with Crippen LogP contribution in [0, 0.1) is 0 Å². The Morgan fingerprint density at radius 3 is 2.62 bits per heavy atom. The predicted molar refractivity (Wildman–Crippen MR) is 102 cm³/mol. The molecule has 1 saturated heterocycles. The van der Waals surface area contributed by atoms with Crippen molar-refractivity contribution in [1.82, 2.24) is 19.8 Å². The third-order valence-corrected chi connectivity index (χ3v) is 6.11. The molecule has 3 rings (SSSR count). The standard InChI is InChI=1S/C17H21BrN4O3S/c18-14-3-1-13(2-4-14)8-12-26(24,25)21-17(23)16-7-11-22(20-16)15-5-9-19-10-6-15/h1-4,7,11,15,19H,5-6,8-10,12H2,(H,21,23). The van der Waals surface area contributed by atoms with E-state index in [1.807, 2.05) is 24.3 Å². The van der Waals surface area contributed by atoms with Gasteiger partial charge in [0.15, 0.2) is 5.69 Å². The molecule has 0 radical (unpaired) electrons. The molecule has 1 aliphatic rings. The average molecular weight is 441 g/mol. The minimum atomic E-state index is -3.72. The molecule has 2 aromatic rings. The van der Waals surface area contributed by atoms with E-state index in [0.717, 1.165) is 36.0 Å². The number of aromatic nitrogens is 2. The lowest BCUT2D eigenvalue weighted by atomic mass is 10.1. The van der Waals surface area contributed by atoms with E-state index in [9.17, 15) is 13.2 Å². The van der Waals surface area contributed by atoms with Gasteiger partial charge in [-0.3, -0.25) is 9.48 Å². The molecule has 1 aliphatic heterocycles. The number of carbonyl (C=O) groups excluding carboxylic acids is 1. The minimum absolute atomic E-state index is 0.121. The van der Waals surface area contributed by atoms with E-state index in [1.165, 1.54) is 0 Å². The Kier molecular flexibility index (Phi) is 6.10. The Bertz CT molecular complexity index is 858. The van der Waals surface area contributed by atoms with Crippen LogP contribution < -0.4 is 10.0 Å². The molecule has 1 fully saturated rings. The molecule has 2 heterocycles. The van der Waals surface area contributed by atoms with Gasteiger partial charge in [0.25, 0.3) is 5.91 Å². The first-order chi connectivity index (χ1) is 12.4. The number of nitrogens with zero attached hydrogens (tertiary/aromatic N) is 2. The van der Waals surface area contributed by atoms with Gasteiger partial charge in [0.05, 0.1) is 11.8 Å². The fourth-order valence-corrected chi connectivity index (χ4v) is 4.14. The van der Waals surface area contributed by atoms with E-state index in [4.69, 9.17) is 0 Å². The number of piperidine rings is 1. The number of benzene rings is 1. The van der Waals surface area contributed by atoms with Crippen LogP contribution in [0.1, 0.15) is 34.9 Å². The third-order valence-electron chi connectivity index (χ3n) is 4.34. The molecule has 140 valence electrons. The molecule has 0 atom stereocenters. The van der Waals surface area contributed by atoms with Crippen LogP contribution in [-0.4, -0.2) is 42.9 Å². The van der Waals surface area contributed by atoms with Gasteiger partial charge >= 0.3 is 0 Å². The average Bonchev–Trinajstić information content (AvgIpc) is 3.12. The van der Waals surface area contributed by atoms with Gasteiger partial charge in [-0.05, 0) is 56.1 Å². The normalized spacial score (nSPS) is 15.7. The Labute approximate surface area is 161 Å². The highest BCUT2D eigenvalue weighted by molar-refractivity contribution is 9.10. The van der Waals surface area contributed by atoms with Gasteiger partial charge in [0.1, 0.15) is 0 Å². The third kappa shape index (κ3) is 5.15. The van der Waals surface area contributed by atoms with Gasteiger partial charge in [-0.2, -0.15) is 5.10 Å². The maximum absolute atomic E-state index is 12.2. The van der Waals surface area contributed by atoms with Gasteiger partial charge in [-0.1, -0.05) is 28.1 Å². The zero-order valence-corrected chi connectivity index (χ0v) is 16.6. The highest BCUT2D eigenvalue weighted by atomic mass is 79.9. The summed E-state index contributed by atoms with van der Waals surface area (Å²) in [4.78, 5) is 12.2. The number of rotatable bonds is 6. The summed E-state index contributed by atoms with van der Waals surface area (Å²) in [6.07, 6.45) is 3.95. The van der Waals surface area contributed by atoms with Crippen LogP contribution in [0.2, 0.25) is 0 Å². The Balaban J connectivity index is 1.57. The molecule has 9 heteroatoms. The molecule has 1 aromatic carbocycles. The number of aryl methyl sites for hydroxylation is 1. The maximum atomic E-state index is 12.2. The van der Waals surface area contributed by atoms with Crippen molar-refractivity contribution < 1.29 is 13.2 Å². The van der Waals surface area contributed by atoms with Crippen LogP contribution in [-0.2, 0) is 16.4 Å². The molecule has 7 nitrogen and oxygen atoms in total. The molecule has 0 bridgehead atoms. The van der Waals surface area contributed by atoms with E-state index in [0.29, 0.717) is 6.42 Å². The molecule has 0 unspecified atom stereocenters. The minimum Gasteiger partial charge on any atom is -0.317 e. The second kappa shape index (κ2) is 8.32. The van der Waals surface area contributed by atoms with E-state index in [2.05, 4.69) is 31.1 Å². The summed E-state index contributed by atoms with van der Waals surface area (Å²) in [7, 11) is -3.72. The first kappa shape index (κ1) is 19.1. The maximum Gasteiger partial charge on any atom is 0.285 e. The van der Waals surface area contributed by atoms with Crippen molar-refractivity contribution in [3.63, 3.8) is 0 Å². The smallest absolute Gasteiger partial charge is 0.285 e. The first-order valence-corrected chi connectivity index (χ1v) is 10.9. The zero-order chi connectivity index (χ0) is 18.6. The Morgan fingerprint density at radius 2 is 1.92 bits per heavy atom. The molecule has 0 spiro atoms. The fourth-order valence-electron chi connectivity index (χ4n) is 2.88. The van der Waals surface area contributed by atoms with Crippen LogP contribution in [0.5, 0.6) is 0 Å². The van der Waals surface area contributed by atoms with Crippen molar-refractivity contribution >= 4 is 31.9 Å². The number of hydrogen-bond acceptors (Lipinski definition) is 5. The molecular formula is C17H21BrN4O3S. The quantitative estimate of drug-likeness (QED) is 0.714. The van der Waals surface area contributed by atoms with Gasteiger partial charge in [-0.15, -0.1) is 0 Å². The number of sulfonamides is 1. The highest BCUT2D eigenvalue weighted by Crippen LogP contribution is 2.17. The van der Waals surface area contributed by atoms with Crippen LogP contribution >= 0.6 is 15.9 Å². The van der Waals surface area contributed by atoms with Crippen molar-refractivity contribution in [3.8, 4) is 0 Å². The van der Waals surface area contributed by atoms with Crippen molar-refractivity contribution in [2.75, 3.05) is 18.8 Å². The number of carbonyl (C=O) groups is 1. The topological polar surface area (TPSA) is 93.1 Å². The highest BCUT2D eigenvalue weighted by Gasteiger charge is 2.21. The molecule has 2 N–H and O–H groups in total. The molecular weight excluding hydrogens is 420 g/mol. The summed E-state index contributed by atoms with van der Waals surface area (Å²) >= 11 is 3.34. The molecule has 0 aliphatic carbocycles. The summed E-state index contributed by atoms with van der Waals surface area (Å²) in [6.45, 7) is 1.83. The van der Waals surface area contributed by atoms with Crippen molar-refractivity contribution in [2.24, 2.45) is 0 Å². The lowest BCUT2D eigenvalue weighted by Gasteiger charge is -2.22. The lowest BCUT2D eigenvalue weighted by molar-refractivity contribution is 0.0975. The number of hydrogen-bond donors (Lipinski definition) is 2. The van der Waals surface area contributed by atoms with Crippen molar-refractivity contribution in [3.05, 3.63) is 52.3 Å². The predicted octanol–water partition coefficient (Wildman–Crippen LogP) is 1.87. The van der Waals surface area contributed by atoms with E-state index in [1.54, 1.807) is 16.9 Å². The summed E-state index contributed by atoms with van der Waals surface area (Å²) in [5, 5.41) is 7.53. The fraction of sp³-hybridized carbons (Fsp3) is 0.412. The summed E-state index contributed by atoms with van der Waals surface area (Å²) < 4.78 is 29.2. The van der Waals surface area contributed by atoms with Crippen LogP contribution in [0.15, 0.2) is 41.0 Å². The second-order valence-corrected chi connectivity index (χ2v) is 9.05. The van der Waals surface area contributed by atoms with Crippen molar-refractivity contribution in [2.45, 2.75) is 25.3 Å². The van der Waals surface area contributed by atoms with E-state index in [-0.39, 0.29) is 17.5 Å². The summed E-state index contributed by atoms with van der Waals surface area (Å²) in [5.41, 5.74) is 1.01. The van der Waals surface area contributed by atoms with Gasteiger partial charge < -0.3 is 5.32 Å². The number of nitrogens with one attached hydrogen (secondary N) is 2. The van der Waals surface area contributed by atoms with Gasteiger partial charge in [-0.25, -0.2) is 13.1 Å². The SMILES string of the molecule is O=C(NS(=O)(=O)CCc1ccc(Br)cc1)c1ccn(C2CCNCC2)n1. The molecule has 26 heavy (non-hydrogen) atoms. The van der Waals surface area contributed by atoms with Crippen LogP contribution in [0.3, 0.4) is 0 Å². The van der Waals surface area contributed by atoms with Gasteiger partial charge in [0.2, 0.25) is 10.0 Å². The molecule has 1 amide bonds. The lowest BCUT2D eigenvalue weighted by Crippen LogP contribution is -2.34. The second-order valence-electron chi connectivity index (χ2n) is 6.29. The first-order valence-electron chi connectivity index (χ1n) is 8.48. The van der Waals surface area contributed by atoms with Crippen LogP contribution in [0.25, 0.3) is 0 Å². The zero-order valence-electron chi connectivity index (χ0n) is 14.2. The largest absolute Gasteiger partial charge is 0.317 e. The Morgan fingerprint density at radius 1 is 1.23 bits per heavy atom. The van der Waals surface area contributed by atoms with Crippen LogP contribution in [0.4, 0.5) is 0 Å².